The van der Waals surface area contributed by atoms with Crippen LogP contribution < -0.4 is 10.6 Å². The summed E-state index contributed by atoms with van der Waals surface area (Å²) in [5.41, 5.74) is -1.31. The number of carboxylic acid groups (broad SMARTS) is 2. The van der Waals surface area contributed by atoms with Gasteiger partial charge in [0.05, 0.1) is 52.4 Å². The second-order valence-corrected chi connectivity index (χ2v) is 10.8. The van der Waals surface area contributed by atoms with Crippen molar-refractivity contribution in [2.24, 2.45) is 0 Å². The van der Waals surface area contributed by atoms with Crippen LogP contribution in [0.2, 0.25) is 30.1 Å². The zero-order chi connectivity index (χ0) is 29.5. The minimum absolute atomic E-state index is 0.0110. The Hall–Kier alpha value is -2.98. The fourth-order valence-corrected chi connectivity index (χ4v) is 6.85. The Kier molecular flexibility index (Phi) is 7.02. The second kappa shape index (κ2) is 9.83. The molecule has 0 aliphatic rings. The topological polar surface area (TPSA) is 133 Å². The summed E-state index contributed by atoms with van der Waals surface area (Å²) in [6.07, 6.45) is 0. The van der Waals surface area contributed by atoms with Crippen molar-refractivity contribution in [1.82, 2.24) is 10.6 Å². The Labute approximate surface area is 253 Å². The van der Waals surface area contributed by atoms with E-state index in [9.17, 15) is 29.4 Å². The molecule has 0 spiro atoms. The molecule has 0 unspecified atom stereocenters. The molecule has 5 rings (SSSR count). The molecule has 0 radical (unpaired) electrons. The minimum atomic E-state index is -1.53. The van der Waals surface area contributed by atoms with Crippen molar-refractivity contribution in [2.75, 3.05) is 14.1 Å². The molecule has 14 heteroatoms. The number of rotatable bonds is 4. The average molecular weight is 661 g/mol. The fraction of sp³-hybridized carbons (Fsp3) is 0.0769. The molecule has 0 saturated heterocycles. The van der Waals surface area contributed by atoms with E-state index in [4.69, 9.17) is 69.6 Å². The van der Waals surface area contributed by atoms with Crippen LogP contribution in [0.4, 0.5) is 0 Å². The van der Waals surface area contributed by atoms with Crippen LogP contribution in [0.25, 0.3) is 43.1 Å². The molecule has 5 aromatic carbocycles. The van der Waals surface area contributed by atoms with Crippen LogP contribution >= 0.6 is 69.6 Å². The summed E-state index contributed by atoms with van der Waals surface area (Å²) in [6.45, 7) is 0. The maximum atomic E-state index is 13.1. The zero-order valence-corrected chi connectivity index (χ0v) is 24.5. The average Bonchev–Trinajstić information content (AvgIpc) is 2.91. The van der Waals surface area contributed by atoms with Gasteiger partial charge in [-0.05, 0) is 11.5 Å². The van der Waals surface area contributed by atoms with Crippen LogP contribution in [0.15, 0.2) is 12.1 Å². The molecule has 0 bridgehead atoms. The number of carbonyl (C=O) groups excluding carboxylic acids is 2. The molecule has 0 aromatic heterocycles. The number of hydrogen-bond acceptors (Lipinski definition) is 4. The van der Waals surface area contributed by atoms with Crippen molar-refractivity contribution in [3.63, 3.8) is 0 Å². The van der Waals surface area contributed by atoms with Crippen LogP contribution in [-0.2, 0) is 0 Å². The summed E-state index contributed by atoms with van der Waals surface area (Å²) in [5.74, 6) is -4.37. The van der Waals surface area contributed by atoms with Crippen LogP contribution in [0.5, 0.6) is 0 Å². The predicted octanol–water partition coefficient (Wildman–Crippen LogP) is 7.77. The van der Waals surface area contributed by atoms with E-state index in [1.807, 2.05) is 0 Å². The monoisotopic (exact) mass is 658 g/mol. The Morgan fingerprint density at radius 2 is 0.975 bits per heavy atom. The lowest BCUT2D eigenvalue weighted by Gasteiger charge is -2.24. The first kappa shape index (κ1) is 28.5. The van der Waals surface area contributed by atoms with E-state index >= 15 is 0 Å². The maximum Gasteiger partial charge on any atom is 0.337 e. The van der Waals surface area contributed by atoms with Gasteiger partial charge in [-0.15, -0.1) is 0 Å². The highest BCUT2D eigenvalue weighted by molar-refractivity contribution is 6.60. The van der Waals surface area contributed by atoms with Gasteiger partial charge in [-0.25, -0.2) is 9.59 Å². The van der Waals surface area contributed by atoms with E-state index in [0.29, 0.717) is 0 Å². The molecule has 0 heterocycles. The first-order valence-electron chi connectivity index (χ1n) is 11.1. The van der Waals surface area contributed by atoms with Crippen molar-refractivity contribution in [2.45, 2.75) is 0 Å². The first-order valence-corrected chi connectivity index (χ1v) is 13.3. The van der Waals surface area contributed by atoms with Crippen molar-refractivity contribution < 1.29 is 29.4 Å². The summed E-state index contributed by atoms with van der Waals surface area (Å²) in [5, 5.41) is 23.7. The molecular weight excluding hydrogens is 649 g/mol. The number of carboxylic acids is 2. The molecule has 40 heavy (non-hydrogen) atoms. The summed E-state index contributed by atoms with van der Waals surface area (Å²) < 4.78 is 0. The number of halogens is 6. The maximum absolute atomic E-state index is 13.1. The number of fused-ring (bicyclic) bond motifs is 2. The molecule has 0 aliphatic carbocycles. The number of carbonyl (C=O) groups is 4. The number of aromatic carboxylic acids is 2. The Morgan fingerprint density at radius 3 is 1.43 bits per heavy atom. The van der Waals surface area contributed by atoms with Gasteiger partial charge in [-0.3, -0.25) is 9.59 Å². The van der Waals surface area contributed by atoms with E-state index in [-0.39, 0.29) is 84.9 Å². The predicted molar refractivity (Wildman–Crippen MR) is 158 cm³/mol. The van der Waals surface area contributed by atoms with Gasteiger partial charge in [0, 0.05) is 51.8 Å². The highest BCUT2D eigenvalue weighted by Crippen LogP contribution is 2.55. The highest BCUT2D eigenvalue weighted by Gasteiger charge is 2.34. The summed E-state index contributed by atoms with van der Waals surface area (Å²) in [6, 6.07) is 2.58. The van der Waals surface area contributed by atoms with E-state index in [1.54, 1.807) is 0 Å². The Morgan fingerprint density at radius 1 is 0.525 bits per heavy atom. The highest BCUT2D eigenvalue weighted by atomic mass is 35.5. The van der Waals surface area contributed by atoms with Crippen molar-refractivity contribution >= 4 is 136 Å². The van der Waals surface area contributed by atoms with E-state index in [1.165, 1.54) is 26.2 Å². The third-order valence-corrected chi connectivity index (χ3v) is 9.28. The zero-order valence-electron chi connectivity index (χ0n) is 19.9. The van der Waals surface area contributed by atoms with Crippen LogP contribution in [-0.4, -0.2) is 48.1 Å². The second-order valence-electron chi connectivity index (χ2n) is 8.56. The Balaban J connectivity index is 2.36. The third-order valence-electron chi connectivity index (χ3n) is 6.72. The minimum Gasteiger partial charge on any atom is -0.478 e. The number of benzene rings is 5. The number of hydrogen-bond donors (Lipinski definition) is 4. The first-order chi connectivity index (χ1) is 18.8. The van der Waals surface area contributed by atoms with Gasteiger partial charge < -0.3 is 20.8 Å². The van der Waals surface area contributed by atoms with Gasteiger partial charge in [-0.2, -0.15) is 0 Å². The quantitative estimate of drug-likeness (QED) is 0.115. The molecule has 0 saturated carbocycles. The van der Waals surface area contributed by atoms with Gasteiger partial charge in [0.1, 0.15) is 0 Å². The molecule has 8 nitrogen and oxygen atoms in total. The number of nitrogens with one attached hydrogen (secondary N) is 2. The van der Waals surface area contributed by atoms with E-state index in [2.05, 4.69) is 10.6 Å². The molecule has 204 valence electrons. The summed E-state index contributed by atoms with van der Waals surface area (Å²) in [4.78, 5) is 50.9. The van der Waals surface area contributed by atoms with Crippen molar-refractivity contribution in [3.05, 3.63) is 64.5 Å². The van der Waals surface area contributed by atoms with Gasteiger partial charge in [-0.1, -0.05) is 75.7 Å². The third kappa shape index (κ3) is 3.61. The van der Waals surface area contributed by atoms with E-state index in [0.717, 1.165) is 0 Å². The lowest BCUT2D eigenvalue weighted by atomic mass is 9.83. The van der Waals surface area contributed by atoms with Crippen LogP contribution in [0, 0.1) is 0 Å². The lowest BCUT2D eigenvalue weighted by molar-refractivity contribution is 0.0695. The SMILES string of the molecule is CNC(=O)c1c(Cl)c(Cl)c2c3ccc(C(=O)O)c4c(C(=O)O)c(Cl)c(Cl)c(c5c(Cl)c(Cl)c(C(=O)NC)c1c25)c43. The van der Waals surface area contributed by atoms with Gasteiger partial charge in [0.15, 0.2) is 0 Å². The van der Waals surface area contributed by atoms with Crippen LogP contribution in [0.1, 0.15) is 41.4 Å². The molecule has 0 fully saturated rings. The van der Waals surface area contributed by atoms with Crippen molar-refractivity contribution in [3.8, 4) is 0 Å². The van der Waals surface area contributed by atoms with Gasteiger partial charge in [0.2, 0.25) is 0 Å². The lowest BCUT2D eigenvalue weighted by Crippen LogP contribution is -2.23. The van der Waals surface area contributed by atoms with Crippen LogP contribution in [0.3, 0.4) is 0 Å². The molecule has 4 N–H and O–H groups in total. The molecule has 0 atom stereocenters. The number of amides is 2. The fourth-order valence-electron chi connectivity index (χ4n) is 5.18. The summed E-state index contributed by atoms with van der Waals surface area (Å²) >= 11 is 40.1. The molecular formula is C26H12Cl6N2O6. The van der Waals surface area contributed by atoms with Gasteiger partial charge >= 0.3 is 11.9 Å². The normalized spacial score (nSPS) is 11.6. The Bertz CT molecular complexity index is 2020. The van der Waals surface area contributed by atoms with Gasteiger partial charge in [0.25, 0.3) is 11.8 Å². The largest absolute Gasteiger partial charge is 0.478 e. The smallest absolute Gasteiger partial charge is 0.337 e. The molecule has 5 aromatic rings. The van der Waals surface area contributed by atoms with E-state index < -0.39 is 34.3 Å². The molecule has 2 amide bonds. The van der Waals surface area contributed by atoms with Crippen molar-refractivity contribution in [1.29, 1.82) is 0 Å². The molecule has 0 aliphatic heterocycles. The summed E-state index contributed by atoms with van der Waals surface area (Å²) in [7, 11) is 2.70. The standard InChI is InChI=1S/C26H12Cl6N2O6/c1-33-23(35)14-11-10-9(17(27)20(14)30)5-3-4-6(25(37)38)8-7(5)12(18(28)22(32)16(8)26(39)40)13(10)19(29)21(31)15(11)24(36)34-2/h3-4H,1-2H3,(H,33,35)(H,34,36)(H,37,38)(H,39,40).